The number of rotatable bonds is 7. The van der Waals surface area contributed by atoms with Gasteiger partial charge in [-0.05, 0) is 54.4 Å². The largest absolute Gasteiger partial charge is 0.457 e. The zero-order chi connectivity index (χ0) is 23.3. The normalized spacial score (nSPS) is 14.6. The minimum atomic E-state index is -3.68. The third kappa shape index (κ3) is 5.60. The molecule has 0 saturated carbocycles. The maximum Gasteiger partial charge on any atom is 0.251 e. The maximum atomic E-state index is 13.0. The topological polar surface area (TPSA) is 84.9 Å². The van der Waals surface area contributed by atoms with Crippen LogP contribution in [0.1, 0.15) is 21.5 Å². The van der Waals surface area contributed by atoms with Crippen molar-refractivity contribution in [1.29, 1.82) is 0 Å². The fraction of sp³-hybridized carbons (Fsp3) is 0.240. The van der Waals surface area contributed by atoms with Crippen LogP contribution in [0.15, 0.2) is 77.7 Å². The fourth-order valence-electron chi connectivity index (χ4n) is 3.56. The first-order valence-corrected chi connectivity index (χ1v) is 12.2. The highest BCUT2D eigenvalue weighted by atomic mass is 32.2. The number of aryl methyl sites for hydroxylation is 1. The highest BCUT2D eigenvalue weighted by Crippen LogP contribution is 2.23. The van der Waals surface area contributed by atoms with Gasteiger partial charge in [-0.15, -0.1) is 0 Å². The average molecular weight is 467 g/mol. The van der Waals surface area contributed by atoms with Crippen LogP contribution in [0.5, 0.6) is 11.5 Å². The number of nitrogens with one attached hydrogen (secondary N) is 1. The lowest BCUT2D eigenvalue weighted by Crippen LogP contribution is -2.40. The Labute approximate surface area is 194 Å². The van der Waals surface area contributed by atoms with Crippen LogP contribution in [-0.4, -0.2) is 44.9 Å². The zero-order valence-electron chi connectivity index (χ0n) is 18.4. The minimum absolute atomic E-state index is 0.110. The van der Waals surface area contributed by atoms with Crippen LogP contribution >= 0.6 is 0 Å². The summed E-state index contributed by atoms with van der Waals surface area (Å²) in [5, 5.41) is 2.88. The number of nitrogens with zero attached hydrogens (tertiary/aromatic N) is 1. The van der Waals surface area contributed by atoms with Crippen molar-refractivity contribution in [3.05, 3.63) is 89.5 Å². The SMILES string of the molecule is Cc1ccc(S(=O)(=O)N2CCOCC2)cc1C(=O)NCc1cccc(Oc2ccccc2)c1. The summed E-state index contributed by atoms with van der Waals surface area (Å²) >= 11 is 0. The Morgan fingerprint density at radius 3 is 2.45 bits per heavy atom. The number of para-hydroxylation sites is 1. The number of amides is 1. The molecule has 0 bridgehead atoms. The lowest BCUT2D eigenvalue weighted by Gasteiger charge is -2.26. The van der Waals surface area contributed by atoms with Crippen LogP contribution in [0.3, 0.4) is 0 Å². The predicted octanol–water partition coefficient (Wildman–Crippen LogP) is 3.74. The molecule has 1 fully saturated rings. The van der Waals surface area contributed by atoms with Crippen LogP contribution in [0.25, 0.3) is 0 Å². The molecule has 0 spiro atoms. The molecule has 3 aromatic rings. The number of benzene rings is 3. The molecule has 1 N–H and O–H groups in total. The first kappa shape index (κ1) is 23.0. The van der Waals surface area contributed by atoms with E-state index in [1.807, 2.05) is 54.6 Å². The molecule has 7 nitrogen and oxygen atoms in total. The molecule has 0 aliphatic carbocycles. The molecule has 0 aromatic heterocycles. The second-order valence-electron chi connectivity index (χ2n) is 7.74. The summed E-state index contributed by atoms with van der Waals surface area (Å²) in [4.78, 5) is 13.0. The molecule has 33 heavy (non-hydrogen) atoms. The number of sulfonamides is 1. The number of morpholine rings is 1. The molecule has 8 heteroatoms. The smallest absolute Gasteiger partial charge is 0.251 e. The standard InChI is InChI=1S/C25H26N2O5S/c1-19-10-11-23(33(29,30)27-12-14-31-15-13-27)17-24(19)25(28)26-18-20-6-5-9-22(16-20)32-21-7-3-2-4-8-21/h2-11,16-17H,12-15,18H2,1H3,(H,26,28). The van der Waals surface area contributed by atoms with Crippen molar-refractivity contribution in [3.8, 4) is 11.5 Å². The van der Waals surface area contributed by atoms with Gasteiger partial charge in [-0.25, -0.2) is 8.42 Å². The Bertz CT molecular complexity index is 1220. The van der Waals surface area contributed by atoms with E-state index in [9.17, 15) is 13.2 Å². The first-order chi connectivity index (χ1) is 15.9. The van der Waals surface area contributed by atoms with Gasteiger partial charge in [-0.1, -0.05) is 36.4 Å². The predicted molar refractivity (Wildman–Crippen MR) is 125 cm³/mol. The van der Waals surface area contributed by atoms with Crippen molar-refractivity contribution in [3.63, 3.8) is 0 Å². The lowest BCUT2D eigenvalue weighted by molar-refractivity contribution is 0.0730. The van der Waals surface area contributed by atoms with Crippen LogP contribution in [0.2, 0.25) is 0 Å². The van der Waals surface area contributed by atoms with Crippen LogP contribution < -0.4 is 10.1 Å². The van der Waals surface area contributed by atoms with E-state index in [1.165, 1.54) is 10.4 Å². The first-order valence-electron chi connectivity index (χ1n) is 10.7. The van der Waals surface area contributed by atoms with E-state index in [-0.39, 0.29) is 17.3 Å². The second kappa shape index (κ2) is 10.2. The quantitative estimate of drug-likeness (QED) is 0.573. The van der Waals surface area contributed by atoms with Gasteiger partial charge in [-0.3, -0.25) is 4.79 Å². The summed E-state index contributed by atoms with van der Waals surface area (Å²) in [5.41, 5.74) is 1.90. The van der Waals surface area contributed by atoms with Gasteiger partial charge in [0.1, 0.15) is 11.5 Å². The molecule has 0 unspecified atom stereocenters. The molecule has 1 saturated heterocycles. The van der Waals surface area contributed by atoms with Crippen molar-refractivity contribution in [2.45, 2.75) is 18.4 Å². The Morgan fingerprint density at radius 2 is 1.70 bits per heavy atom. The van der Waals surface area contributed by atoms with Gasteiger partial charge in [0.2, 0.25) is 10.0 Å². The number of hydrogen-bond donors (Lipinski definition) is 1. The van der Waals surface area contributed by atoms with E-state index in [1.54, 1.807) is 19.1 Å². The van der Waals surface area contributed by atoms with Gasteiger partial charge in [0, 0.05) is 25.2 Å². The van der Waals surface area contributed by atoms with Gasteiger partial charge >= 0.3 is 0 Å². The molecular weight excluding hydrogens is 440 g/mol. The van der Waals surface area contributed by atoms with Crippen molar-refractivity contribution in [2.75, 3.05) is 26.3 Å². The number of carbonyl (C=O) groups excluding carboxylic acids is 1. The summed E-state index contributed by atoms with van der Waals surface area (Å²) in [6.45, 7) is 3.41. The van der Waals surface area contributed by atoms with Gasteiger partial charge in [0.25, 0.3) is 5.91 Å². The number of ether oxygens (including phenoxy) is 2. The third-order valence-corrected chi connectivity index (χ3v) is 7.29. The van der Waals surface area contributed by atoms with E-state index in [4.69, 9.17) is 9.47 Å². The second-order valence-corrected chi connectivity index (χ2v) is 9.68. The third-order valence-electron chi connectivity index (χ3n) is 5.39. The zero-order valence-corrected chi connectivity index (χ0v) is 19.2. The van der Waals surface area contributed by atoms with Crippen molar-refractivity contribution < 1.29 is 22.7 Å². The van der Waals surface area contributed by atoms with Crippen molar-refractivity contribution >= 4 is 15.9 Å². The number of hydrogen-bond acceptors (Lipinski definition) is 5. The lowest BCUT2D eigenvalue weighted by atomic mass is 10.1. The van der Waals surface area contributed by atoms with Crippen LogP contribution in [-0.2, 0) is 21.3 Å². The summed E-state index contributed by atoms with van der Waals surface area (Å²) in [6, 6.07) is 21.6. The summed E-state index contributed by atoms with van der Waals surface area (Å²) in [5.74, 6) is 1.07. The highest BCUT2D eigenvalue weighted by Gasteiger charge is 2.27. The van der Waals surface area contributed by atoms with E-state index in [0.29, 0.717) is 43.2 Å². The molecule has 172 valence electrons. The molecule has 3 aromatic carbocycles. The van der Waals surface area contributed by atoms with Crippen LogP contribution in [0, 0.1) is 6.92 Å². The molecule has 1 aliphatic rings. The average Bonchev–Trinajstić information content (AvgIpc) is 2.84. The van der Waals surface area contributed by atoms with E-state index < -0.39 is 10.0 Å². The Balaban J connectivity index is 1.46. The maximum absolute atomic E-state index is 13.0. The molecule has 4 rings (SSSR count). The van der Waals surface area contributed by atoms with Gasteiger partial charge in [-0.2, -0.15) is 4.31 Å². The van der Waals surface area contributed by atoms with Gasteiger partial charge in [0.05, 0.1) is 18.1 Å². The van der Waals surface area contributed by atoms with Gasteiger partial charge < -0.3 is 14.8 Å². The summed E-state index contributed by atoms with van der Waals surface area (Å²) in [6.07, 6.45) is 0. The van der Waals surface area contributed by atoms with E-state index in [2.05, 4.69) is 5.32 Å². The Kier molecular flexibility index (Phi) is 7.08. The number of carbonyl (C=O) groups is 1. The molecule has 1 heterocycles. The molecule has 1 aliphatic heterocycles. The van der Waals surface area contributed by atoms with E-state index in [0.717, 1.165) is 11.3 Å². The minimum Gasteiger partial charge on any atom is -0.457 e. The highest BCUT2D eigenvalue weighted by molar-refractivity contribution is 7.89. The molecular formula is C25H26N2O5S. The van der Waals surface area contributed by atoms with Gasteiger partial charge in [0.15, 0.2) is 0 Å². The Hall–Kier alpha value is -3.20. The monoisotopic (exact) mass is 466 g/mol. The summed E-state index contributed by atoms with van der Waals surface area (Å²) in [7, 11) is -3.68. The molecule has 1 amide bonds. The van der Waals surface area contributed by atoms with Crippen LogP contribution in [0.4, 0.5) is 0 Å². The van der Waals surface area contributed by atoms with E-state index >= 15 is 0 Å². The van der Waals surface area contributed by atoms with Crippen molar-refractivity contribution in [1.82, 2.24) is 9.62 Å². The molecule has 0 radical (unpaired) electrons. The molecule has 0 atom stereocenters. The Morgan fingerprint density at radius 1 is 0.970 bits per heavy atom. The van der Waals surface area contributed by atoms with Crippen molar-refractivity contribution in [2.24, 2.45) is 0 Å². The summed E-state index contributed by atoms with van der Waals surface area (Å²) < 4.78 is 38.4. The fourth-order valence-corrected chi connectivity index (χ4v) is 5.00.